The third-order valence-electron chi connectivity index (χ3n) is 2.62. The lowest BCUT2D eigenvalue weighted by Gasteiger charge is -2.16. The van der Waals surface area contributed by atoms with Gasteiger partial charge in [-0.1, -0.05) is 11.6 Å². The van der Waals surface area contributed by atoms with Gasteiger partial charge in [0, 0.05) is 12.7 Å². The maximum Gasteiger partial charge on any atom is 0.278 e. The summed E-state index contributed by atoms with van der Waals surface area (Å²) in [7, 11) is 3.26. The predicted molar refractivity (Wildman–Crippen MR) is 72.8 cm³/mol. The Kier molecular flexibility index (Phi) is 3.97. The Hall–Kier alpha value is -2.14. The number of methoxy groups -OCH3 is 1. The van der Waals surface area contributed by atoms with Crippen molar-refractivity contribution in [3.8, 4) is 5.75 Å². The van der Waals surface area contributed by atoms with E-state index >= 15 is 0 Å². The van der Waals surface area contributed by atoms with E-state index in [0.29, 0.717) is 0 Å². The van der Waals surface area contributed by atoms with E-state index in [4.69, 9.17) is 16.3 Å². The number of rotatable bonds is 3. The summed E-state index contributed by atoms with van der Waals surface area (Å²) >= 11 is 5.63. The molecule has 98 valence electrons. The van der Waals surface area contributed by atoms with Crippen molar-refractivity contribution in [2.45, 2.75) is 0 Å². The number of benzene rings is 1. The number of aromatic nitrogens is 2. The number of halogens is 1. The first kappa shape index (κ1) is 13.3. The highest BCUT2D eigenvalue weighted by Gasteiger charge is 2.15. The zero-order valence-electron chi connectivity index (χ0n) is 10.5. The van der Waals surface area contributed by atoms with Crippen LogP contribution in [0.5, 0.6) is 5.75 Å². The van der Waals surface area contributed by atoms with Crippen molar-refractivity contribution in [3.63, 3.8) is 0 Å². The predicted octanol–water partition coefficient (Wildman–Crippen LogP) is 2.42. The molecule has 0 N–H and O–H groups in total. The van der Waals surface area contributed by atoms with Crippen LogP contribution in [0.2, 0.25) is 5.15 Å². The molecule has 5 nitrogen and oxygen atoms in total. The number of anilines is 1. The van der Waals surface area contributed by atoms with Gasteiger partial charge in [0.05, 0.1) is 7.11 Å². The third kappa shape index (κ3) is 3.00. The van der Waals surface area contributed by atoms with E-state index in [2.05, 4.69) is 10.2 Å². The first-order chi connectivity index (χ1) is 9.11. The Balaban J connectivity index is 2.20. The van der Waals surface area contributed by atoms with Crippen LogP contribution in [0.1, 0.15) is 10.5 Å². The summed E-state index contributed by atoms with van der Waals surface area (Å²) in [5, 5.41) is 7.67. The summed E-state index contributed by atoms with van der Waals surface area (Å²) in [5.74, 6) is 0.477. The molecule has 0 unspecified atom stereocenters. The number of carbonyl (C=O) groups excluding carboxylic acids is 1. The summed E-state index contributed by atoms with van der Waals surface area (Å²) in [6.45, 7) is 0. The molecule has 0 atom stereocenters. The Morgan fingerprint density at radius 3 is 2.37 bits per heavy atom. The molecule has 1 heterocycles. The Labute approximate surface area is 115 Å². The van der Waals surface area contributed by atoms with Gasteiger partial charge in [-0.25, -0.2) is 0 Å². The van der Waals surface area contributed by atoms with Crippen LogP contribution in [0.15, 0.2) is 36.4 Å². The van der Waals surface area contributed by atoms with Crippen molar-refractivity contribution in [2.75, 3.05) is 19.1 Å². The molecule has 0 saturated carbocycles. The highest BCUT2D eigenvalue weighted by molar-refractivity contribution is 6.29. The number of ether oxygens (including phenoxy) is 1. The molecule has 19 heavy (non-hydrogen) atoms. The van der Waals surface area contributed by atoms with Gasteiger partial charge in [-0.05, 0) is 36.4 Å². The van der Waals surface area contributed by atoms with E-state index in [1.807, 2.05) is 0 Å². The maximum atomic E-state index is 12.2. The number of carbonyl (C=O) groups is 1. The van der Waals surface area contributed by atoms with Crippen LogP contribution in [0.3, 0.4) is 0 Å². The fourth-order valence-corrected chi connectivity index (χ4v) is 1.63. The number of nitrogens with zero attached hydrogens (tertiary/aromatic N) is 3. The van der Waals surface area contributed by atoms with Gasteiger partial charge in [0.1, 0.15) is 5.75 Å². The highest BCUT2D eigenvalue weighted by Crippen LogP contribution is 2.19. The van der Waals surface area contributed by atoms with Crippen LogP contribution in [0, 0.1) is 0 Å². The molecule has 0 aliphatic rings. The molecule has 1 aromatic heterocycles. The van der Waals surface area contributed by atoms with E-state index in [0.717, 1.165) is 11.4 Å². The molecule has 0 saturated heterocycles. The normalized spacial score (nSPS) is 10.1. The van der Waals surface area contributed by atoms with Crippen LogP contribution in [0.25, 0.3) is 0 Å². The smallest absolute Gasteiger partial charge is 0.278 e. The lowest BCUT2D eigenvalue weighted by atomic mass is 10.2. The molecule has 0 fully saturated rings. The van der Waals surface area contributed by atoms with Gasteiger partial charge in [-0.15, -0.1) is 10.2 Å². The molecule has 6 heteroatoms. The van der Waals surface area contributed by atoms with Gasteiger partial charge < -0.3 is 9.64 Å². The molecular weight excluding hydrogens is 266 g/mol. The largest absolute Gasteiger partial charge is 0.497 e. The van der Waals surface area contributed by atoms with Gasteiger partial charge in [0.25, 0.3) is 5.91 Å². The molecule has 1 amide bonds. The van der Waals surface area contributed by atoms with Crippen LogP contribution in [-0.2, 0) is 0 Å². The van der Waals surface area contributed by atoms with Crippen LogP contribution in [-0.4, -0.2) is 30.3 Å². The molecule has 2 aromatic rings. The Morgan fingerprint density at radius 2 is 1.84 bits per heavy atom. The SMILES string of the molecule is COc1ccc(N(C)C(=O)c2ccc(Cl)nn2)cc1. The average molecular weight is 278 g/mol. The van der Waals surface area contributed by atoms with Crippen LogP contribution in [0.4, 0.5) is 5.69 Å². The monoisotopic (exact) mass is 277 g/mol. The molecule has 0 aliphatic carbocycles. The van der Waals surface area contributed by atoms with E-state index in [-0.39, 0.29) is 16.8 Å². The quantitative estimate of drug-likeness (QED) is 0.864. The molecular formula is C13H12ClN3O2. The van der Waals surface area contributed by atoms with E-state index in [9.17, 15) is 4.79 Å². The van der Waals surface area contributed by atoms with Crippen molar-refractivity contribution in [1.29, 1.82) is 0 Å². The van der Waals surface area contributed by atoms with E-state index in [1.165, 1.54) is 17.0 Å². The van der Waals surface area contributed by atoms with Gasteiger partial charge in [-0.2, -0.15) is 0 Å². The van der Waals surface area contributed by atoms with E-state index in [1.54, 1.807) is 38.4 Å². The van der Waals surface area contributed by atoms with Gasteiger partial charge in [0.2, 0.25) is 0 Å². The maximum absolute atomic E-state index is 12.2. The fraction of sp³-hybridized carbons (Fsp3) is 0.154. The number of hydrogen-bond donors (Lipinski definition) is 0. The summed E-state index contributed by atoms with van der Waals surface area (Å²) in [6, 6.07) is 10.2. The molecule has 1 aromatic carbocycles. The van der Waals surface area contributed by atoms with Gasteiger partial charge in [-0.3, -0.25) is 4.79 Å². The minimum absolute atomic E-state index is 0.239. The van der Waals surface area contributed by atoms with Crippen molar-refractivity contribution in [1.82, 2.24) is 10.2 Å². The summed E-state index contributed by atoms with van der Waals surface area (Å²) in [5.41, 5.74) is 0.977. The summed E-state index contributed by atoms with van der Waals surface area (Å²) in [6.07, 6.45) is 0. The molecule has 0 bridgehead atoms. The lowest BCUT2D eigenvalue weighted by Crippen LogP contribution is -2.27. The van der Waals surface area contributed by atoms with Crippen molar-refractivity contribution >= 4 is 23.2 Å². The number of amides is 1. The van der Waals surface area contributed by atoms with Crippen molar-refractivity contribution in [2.24, 2.45) is 0 Å². The minimum atomic E-state index is -0.255. The zero-order valence-corrected chi connectivity index (χ0v) is 11.3. The van der Waals surface area contributed by atoms with Crippen molar-refractivity contribution < 1.29 is 9.53 Å². The Bertz CT molecular complexity index is 569. The van der Waals surface area contributed by atoms with Crippen LogP contribution >= 0.6 is 11.6 Å². The molecule has 2 rings (SSSR count). The lowest BCUT2D eigenvalue weighted by molar-refractivity contribution is 0.0987. The standard InChI is InChI=1S/C13H12ClN3O2/c1-17(9-3-5-10(19-2)6-4-9)13(18)11-7-8-12(14)16-15-11/h3-8H,1-2H3. The zero-order chi connectivity index (χ0) is 13.8. The molecule has 0 spiro atoms. The third-order valence-corrected chi connectivity index (χ3v) is 2.82. The van der Waals surface area contributed by atoms with Crippen LogP contribution < -0.4 is 9.64 Å². The van der Waals surface area contributed by atoms with Gasteiger partial charge in [0.15, 0.2) is 10.8 Å². The molecule has 0 radical (unpaired) electrons. The average Bonchev–Trinajstić information content (AvgIpc) is 2.46. The minimum Gasteiger partial charge on any atom is -0.497 e. The number of hydrogen-bond acceptors (Lipinski definition) is 4. The topological polar surface area (TPSA) is 55.3 Å². The Morgan fingerprint density at radius 1 is 1.16 bits per heavy atom. The van der Waals surface area contributed by atoms with Crippen molar-refractivity contribution in [3.05, 3.63) is 47.2 Å². The second kappa shape index (κ2) is 5.67. The summed E-state index contributed by atoms with van der Waals surface area (Å²) in [4.78, 5) is 13.6. The first-order valence-corrected chi connectivity index (χ1v) is 5.91. The van der Waals surface area contributed by atoms with E-state index < -0.39 is 0 Å². The summed E-state index contributed by atoms with van der Waals surface area (Å²) < 4.78 is 5.07. The first-order valence-electron chi connectivity index (χ1n) is 5.53. The molecule has 0 aliphatic heterocycles. The highest BCUT2D eigenvalue weighted by atomic mass is 35.5. The second-order valence-corrected chi connectivity index (χ2v) is 4.19. The second-order valence-electron chi connectivity index (χ2n) is 3.80. The fourth-order valence-electron chi connectivity index (χ4n) is 1.52. The van der Waals surface area contributed by atoms with Gasteiger partial charge >= 0.3 is 0 Å².